The number of carbonyl (C=O) groups is 2. The van der Waals surface area contributed by atoms with Crippen molar-refractivity contribution in [2.24, 2.45) is 5.92 Å². The van der Waals surface area contributed by atoms with Crippen LogP contribution in [-0.4, -0.2) is 23.6 Å². The Labute approximate surface area is 163 Å². The van der Waals surface area contributed by atoms with E-state index in [1.165, 1.54) is 29.1 Å². The molecule has 0 fully saturated rings. The minimum Gasteiger partial charge on any atom is -0.465 e. The van der Waals surface area contributed by atoms with Gasteiger partial charge in [-0.05, 0) is 52.7 Å². The normalized spacial score (nSPS) is 16.0. The lowest BCUT2D eigenvalue weighted by molar-refractivity contribution is -0.116. The molecule has 0 spiro atoms. The number of hydrogen-bond donors (Lipinski definition) is 1. The molecule has 2 aromatic rings. The lowest BCUT2D eigenvalue weighted by Gasteiger charge is -2.18. The molecule has 26 heavy (non-hydrogen) atoms. The molecule has 2 heterocycles. The fraction of sp³-hybridized carbons (Fsp3) is 0.389. The molecule has 0 saturated carbocycles. The fourth-order valence-corrected chi connectivity index (χ4v) is 4.90. The molecule has 8 heteroatoms. The molecule has 0 saturated heterocycles. The molecule has 0 unspecified atom stereocenters. The molecule has 1 aliphatic carbocycles. The molecule has 0 aromatic carbocycles. The number of methoxy groups -OCH3 is 1. The van der Waals surface area contributed by atoms with Crippen molar-refractivity contribution in [1.29, 1.82) is 0 Å². The van der Waals surface area contributed by atoms with E-state index >= 15 is 0 Å². The van der Waals surface area contributed by atoms with Gasteiger partial charge in [-0.2, -0.15) is 0 Å². The maximum Gasteiger partial charge on any atom is 0.341 e. The number of carbonyl (C=O) groups excluding carboxylic acids is 2. The molecule has 0 aliphatic heterocycles. The molecule has 0 bridgehead atoms. The molecule has 138 valence electrons. The fourth-order valence-electron chi connectivity index (χ4n) is 3.10. The number of pyridine rings is 1. The third-order valence-corrected chi connectivity index (χ3v) is 6.05. The molecule has 1 amide bonds. The van der Waals surface area contributed by atoms with E-state index < -0.39 is 5.97 Å². The highest BCUT2D eigenvalue weighted by molar-refractivity contribution is 9.10. The van der Waals surface area contributed by atoms with Crippen molar-refractivity contribution >= 4 is 44.1 Å². The average molecular weight is 439 g/mol. The zero-order valence-electron chi connectivity index (χ0n) is 14.5. The van der Waals surface area contributed by atoms with Crippen LogP contribution in [0.25, 0.3) is 0 Å². The topological polar surface area (TPSA) is 77.4 Å². The summed E-state index contributed by atoms with van der Waals surface area (Å²) < 4.78 is 6.94. The molecular weight excluding hydrogens is 420 g/mol. The Kier molecular flexibility index (Phi) is 5.62. The zero-order chi connectivity index (χ0) is 18.8. The van der Waals surface area contributed by atoms with Crippen LogP contribution in [0.2, 0.25) is 0 Å². The van der Waals surface area contributed by atoms with Crippen LogP contribution in [0.4, 0.5) is 5.00 Å². The van der Waals surface area contributed by atoms with Gasteiger partial charge in [-0.3, -0.25) is 9.59 Å². The molecule has 6 nitrogen and oxygen atoms in total. The van der Waals surface area contributed by atoms with Gasteiger partial charge in [0, 0.05) is 21.6 Å². The lowest BCUT2D eigenvalue weighted by atomic mass is 9.88. The second kappa shape index (κ2) is 7.75. The molecular formula is C18H19BrN2O4S. The standard InChI is InChI=1S/C18H19BrN2O4S/c1-10-3-5-12-13(7-10)26-17(16(12)18(24)25-2)20-14(22)9-21-8-11(19)4-6-15(21)23/h4,6,8,10H,3,5,7,9H2,1-2H3,(H,20,22)/t10-/m0/s1. The van der Waals surface area contributed by atoms with Crippen LogP contribution in [-0.2, 0) is 28.9 Å². The second-order valence-corrected chi connectivity index (χ2v) is 8.43. The second-order valence-electron chi connectivity index (χ2n) is 6.41. The molecule has 1 aliphatic rings. The molecule has 3 rings (SSSR count). The zero-order valence-corrected chi connectivity index (χ0v) is 16.9. The van der Waals surface area contributed by atoms with Gasteiger partial charge >= 0.3 is 5.97 Å². The number of halogens is 1. The van der Waals surface area contributed by atoms with E-state index in [0.29, 0.717) is 21.0 Å². The number of ether oxygens (including phenoxy) is 1. The van der Waals surface area contributed by atoms with Crippen LogP contribution < -0.4 is 10.9 Å². The number of thiophene rings is 1. The van der Waals surface area contributed by atoms with Gasteiger partial charge in [0.2, 0.25) is 5.91 Å². The van der Waals surface area contributed by atoms with Gasteiger partial charge in [-0.1, -0.05) is 6.92 Å². The molecule has 1 atom stereocenters. The van der Waals surface area contributed by atoms with Gasteiger partial charge in [0.15, 0.2) is 0 Å². The first-order valence-corrected chi connectivity index (χ1v) is 9.88. The first-order valence-electron chi connectivity index (χ1n) is 8.27. The van der Waals surface area contributed by atoms with Crippen LogP contribution in [0, 0.1) is 5.92 Å². The minimum atomic E-state index is -0.438. The Bertz CT molecular complexity index is 918. The highest BCUT2D eigenvalue weighted by Gasteiger charge is 2.28. The third-order valence-electron chi connectivity index (χ3n) is 4.42. The Morgan fingerprint density at radius 3 is 2.92 bits per heavy atom. The Morgan fingerprint density at radius 1 is 1.42 bits per heavy atom. The molecule has 2 aromatic heterocycles. The van der Waals surface area contributed by atoms with Gasteiger partial charge in [0.1, 0.15) is 11.5 Å². The first kappa shape index (κ1) is 18.8. The van der Waals surface area contributed by atoms with Gasteiger partial charge < -0.3 is 14.6 Å². The van der Waals surface area contributed by atoms with Crippen molar-refractivity contribution in [3.63, 3.8) is 0 Å². The first-order chi connectivity index (χ1) is 12.4. The van der Waals surface area contributed by atoms with E-state index in [4.69, 9.17) is 4.74 Å². The summed E-state index contributed by atoms with van der Waals surface area (Å²) in [4.78, 5) is 37.7. The number of esters is 1. The van der Waals surface area contributed by atoms with Crippen LogP contribution in [0.3, 0.4) is 0 Å². The summed E-state index contributed by atoms with van der Waals surface area (Å²) in [5.74, 6) is -0.246. The SMILES string of the molecule is COC(=O)c1c(NC(=O)Cn2cc(Br)ccc2=O)sc2c1CC[C@H](C)C2. The summed E-state index contributed by atoms with van der Waals surface area (Å²) in [6.07, 6.45) is 4.27. The maximum atomic E-state index is 12.5. The van der Waals surface area contributed by atoms with Crippen molar-refractivity contribution in [3.05, 3.63) is 49.2 Å². The number of amides is 1. The number of nitrogens with one attached hydrogen (secondary N) is 1. The molecule has 1 N–H and O–H groups in total. The van der Waals surface area contributed by atoms with Gasteiger partial charge in [0.05, 0.1) is 12.7 Å². The summed E-state index contributed by atoms with van der Waals surface area (Å²) in [5, 5.41) is 3.30. The van der Waals surface area contributed by atoms with Gasteiger partial charge in [0.25, 0.3) is 5.56 Å². The highest BCUT2D eigenvalue weighted by Crippen LogP contribution is 2.40. The Morgan fingerprint density at radius 2 is 2.19 bits per heavy atom. The van der Waals surface area contributed by atoms with Crippen LogP contribution >= 0.6 is 27.3 Å². The van der Waals surface area contributed by atoms with Gasteiger partial charge in [-0.15, -0.1) is 11.3 Å². The highest BCUT2D eigenvalue weighted by atomic mass is 79.9. The minimum absolute atomic E-state index is 0.127. The average Bonchev–Trinajstić information content (AvgIpc) is 2.94. The van der Waals surface area contributed by atoms with Crippen molar-refractivity contribution in [3.8, 4) is 0 Å². The number of anilines is 1. The number of fused-ring (bicyclic) bond motifs is 1. The van der Waals surface area contributed by atoms with E-state index in [1.807, 2.05) is 0 Å². The van der Waals surface area contributed by atoms with E-state index in [-0.39, 0.29) is 18.0 Å². The van der Waals surface area contributed by atoms with Crippen LogP contribution in [0.1, 0.15) is 34.1 Å². The maximum absolute atomic E-state index is 12.5. The summed E-state index contributed by atoms with van der Waals surface area (Å²) in [6, 6.07) is 3.02. The van der Waals surface area contributed by atoms with Crippen molar-refractivity contribution in [2.75, 3.05) is 12.4 Å². The predicted molar refractivity (Wildman–Crippen MR) is 104 cm³/mol. The monoisotopic (exact) mass is 438 g/mol. The lowest BCUT2D eigenvalue weighted by Crippen LogP contribution is -2.27. The summed E-state index contributed by atoms with van der Waals surface area (Å²) in [6.45, 7) is 2.05. The number of nitrogens with zero attached hydrogens (tertiary/aromatic N) is 1. The summed E-state index contributed by atoms with van der Waals surface area (Å²) >= 11 is 4.71. The number of aromatic nitrogens is 1. The van der Waals surface area contributed by atoms with Crippen LogP contribution in [0.5, 0.6) is 0 Å². The van der Waals surface area contributed by atoms with Gasteiger partial charge in [-0.25, -0.2) is 4.79 Å². The van der Waals surface area contributed by atoms with Crippen LogP contribution in [0.15, 0.2) is 27.6 Å². The van der Waals surface area contributed by atoms with E-state index in [1.54, 1.807) is 12.3 Å². The summed E-state index contributed by atoms with van der Waals surface area (Å²) in [7, 11) is 1.34. The van der Waals surface area contributed by atoms with E-state index in [0.717, 1.165) is 29.7 Å². The van der Waals surface area contributed by atoms with E-state index in [2.05, 4.69) is 28.2 Å². The quantitative estimate of drug-likeness (QED) is 0.743. The van der Waals surface area contributed by atoms with Crippen molar-refractivity contribution < 1.29 is 14.3 Å². The molecule has 0 radical (unpaired) electrons. The van der Waals surface area contributed by atoms with Crippen molar-refractivity contribution in [2.45, 2.75) is 32.7 Å². The van der Waals surface area contributed by atoms with Crippen molar-refractivity contribution in [1.82, 2.24) is 4.57 Å². The Balaban J connectivity index is 1.87. The third kappa shape index (κ3) is 3.91. The summed E-state index contributed by atoms with van der Waals surface area (Å²) in [5.41, 5.74) is 1.17. The van der Waals surface area contributed by atoms with E-state index in [9.17, 15) is 14.4 Å². The largest absolute Gasteiger partial charge is 0.465 e. The number of hydrogen-bond acceptors (Lipinski definition) is 5. The Hall–Kier alpha value is -1.93. The number of rotatable bonds is 4. The smallest absolute Gasteiger partial charge is 0.341 e. The predicted octanol–water partition coefficient (Wildman–Crippen LogP) is 3.22.